The van der Waals surface area contributed by atoms with Gasteiger partial charge in [0.15, 0.2) is 6.29 Å². The van der Waals surface area contributed by atoms with E-state index < -0.39 is 12.8 Å². The highest BCUT2D eigenvalue weighted by atomic mass is 19.1. The van der Waals surface area contributed by atoms with Crippen molar-refractivity contribution in [1.29, 1.82) is 0 Å². The van der Waals surface area contributed by atoms with Crippen molar-refractivity contribution in [3.63, 3.8) is 0 Å². The molecule has 1 aromatic carbocycles. The maximum atomic E-state index is 12.0. The topological polar surface area (TPSA) is 26.3 Å². The van der Waals surface area contributed by atoms with Gasteiger partial charge < -0.3 is 9.53 Å². The van der Waals surface area contributed by atoms with E-state index in [1.54, 1.807) is 0 Å². The van der Waals surface area contributed by atoms with Crippen LogP contribution < -0.4 is 0 Å². The second kappa shape index (κ2) is 5.43. The summed E-state index contributed by atoms with van der Waals surface area (Å²) in [6.45, 7) is -0.496. The molecule has 1 rings (SSSR count). The van der Waals surface area contributed by atoms with Crippen LogP contribution in [0.4, 0.5) is 4.39 Å². The highest BCUT2D eigenvalue weighted by Crippen LogP contribution is 2.02. The molecular formula is C10H11FO2. The van der Waals surface area contributed by atoms with Crippen molar-refractivity contribution in [1.82, 2.24) is 0 Å². The van der Waals surface area contributed by atoms with Gasteiger partial charge in [-0.15, -0.1) is 0 Å². The lowest BCUT2D eigenvalue weighted by atomic mass is 10.2. The Hall–Kier alpha value is -1.22. The van der Waals surface area contributed by atoms with Crippen LogP contribution >= 0.6 is 0 Å². The van der Waals surface area contributed by atoms with Crippen molar-refractivity contribution < 1.29 is 13.9 Å². The molecule has 3 heteroatoms. The van der Waals surface area contributed by atoms with E-state index in [9.17, 15) is 9.18 Å². The van der Waals surface area contributed by atoms with Crippen LogP contribution in [0.2, 0.25) is 0 Å². The average molecular weight is 182 g/mol. The first-order valence-corrected chi connectivity index (χ1v) is 4.03. The molecular weight excluding hydrogens is 171 g/mol. The molecule has 0 N–H and O–H groups in total. The first kappa shape index (κ1) is 9.86. The largest absolute Gasteiger partial charge is 0.363 e. The van der Waals surface area contributed by atoms with Crippen LogP contribution in [0.3, 0.4) is 0 Å². The van der Waals surface area contributed by atoms with Crippen LogP contribution in [-0.4, -0.2) is 19.1 Å². The molecule has 0 aliphatic carbocycles. The predicted octanol–water partition coefficient (Wildman–Crippen LogP) is 1.74. The first-order chi connectivity index (χ1) is 6.36. The van der Waals surface area contributed by atoms with Gasteiger partial charge >= 0.3 is 0 Å². The first-order valence-electron chi connectivity index (χ1n) is 4.03. The van der Waals surface area contributed by atoms with Crippen LogP contribution in [0.5, 0.6) is 0 Å². The number of aldehydes is 1. The Morgan fingerprint density at radius 2 is 2.08 bits per heavy atom. The quantitative estimate of drug-likeness (QED) is 0.648. The van der Waals surface area contributed by atoms with Crippen molar-refractivity contribution in [3.8, 4) is 0 Å². The molecule has 0 amide bonds. The second-order valence-electron chi connectivity index (χ2n) is 2.63. The number of carbonyl (C=O) groups is 1. The van der Waals surface area contributed by atoms with Gasteiger partial charge in [-0.3, -0.25) is 0 Å². The van der Waals surface area contributed by atoms with E-state index >= 15 is 0 Å². The Labute approximate surface area is 76.3 Å². The summed E-state index contributed by atoms with van der Waals surface area (Å²) in [7, 11) is 0. The van der Waals surface area contributed by atoms with Gasteiger partial charge in [0.25, 0.3) is 0 Å². The summed E-state index contributed by atoms with van der Waals surface area (Å²) >= 11 is 0. The van der Waals surface area contributed by atoms with E-state index in [4.69, 9.17) is 4.74 Å². The lowest BCUT2D eigenvalue weighted by Gasteiger charge is -2.07. The fourth-order valence-electron chi connectivity index (χ4n) is 0.898. The number of hydrogen-bond donors (Lipinski definition) is 0. The van der Waals surface area contributed by atoms with Crippen LogP contribution in [-0.2, 0) is 16.1 Å². The Morgan fingerprint density at radius 1 is 1.38 bits per heavy atom. The fourth-order valence-corrected chi connectivity index (χ4v) is 0.898. The zero-order chi connectivity index (χ0) is 9.52. The third-order valence-corrected chi connectivity index (χ3v) is 1.61. The Kier molecular flexibility index (Phi) is 4.12. The molecule has 70 valence electrons. The van der Waals surface area contributed by atoms with Crippen LogP contribution in [0.15, 0.2) is 30.3 Å². The number of alkyl halides is 1. The highest BCUT2D eigenvalue weighted by molar-refractivity contribution is 5.56. The summed E-state index contributed by atoms with van der Waals surface area (Å²) in [6.07, 6.45) is -0.455. The van der Waals surface area contributed by atoms with Gasteiger partial charge in [-0.05, 0) is 5.56 Å². The molecule has 1 unspecified atom stereocenters. The molecule has 0 saturated heterocycles. The minimum atomic E-state index is -0.930. The number of carbonyl (C=O) groups excluding carboxylic acids is 1. The SMILES string of the molecule is O=CC(CF)OCc1ccccc1. The van der Waals surface area contributed by atoms with Crippen LogP contribution in [0.25, 0.3) is 0 Å². The highest BCUT2D eigenvalue weighted by Gasteiger charge is 2.05. The van der Waals surface area contributed by atoms with Gasteiger partial charge in [0.1, 0.15) is 12.8 Å². The molecule has 0 aromatic heterocycles. The maximum absolute atomic E-state index is 12.0. The molecule has 0 saturated carbocycles. The normalized spacial score (nSPS) is 12.4. The summed E-state index contributed by atoms with van der Waals surface area (Å²) in [4.78, 5) is 10.2. The Balaban J connectivity index is 2.38. The maximum Gasteiger partial charge on any atom is 0.151 e. The molecule has 0 aliphatic rings. The summed E-state index contributed by atoms with van der Waals surface area (Å²) in [5.41, 5.74) is 0.933. The summed E-state index contributed by atoms with van der Waals surface area (Å²) in [5.74, 6) is 0. The Bertz CT molecular complexity index is 248. The van der Waals surface area contributed by atoms with Gasteiger partial charge in [0, 0.05) is 0 Å². The molecule has 0 heterocycles. The van der Waals surface area contributed by atoms with E-state index in [-0.39, 0.29) is 6.61 Å². The number of rotatable bonds is 5. The summed E-state index contributed by atoms with van der Waals surface area (Å²) < 4.78 is 17.0. The lowest BCUT2D eigenvalue weighted by Crippen LogP contribution is -2.16. The van der Waals surface area contributed by atoms with Gasteiger partial charge in [0.2, 0.25) is 0 Å². The van der Waals surface area contributed by atoms with Crippen LogP contribution in [0.1, 0.15) is 5.56 Å². The lowest BCUT2D eigenvalue weighted by molar-refractivity contribution is -0.119. The minimum Gasteiger partial charge on any atom is -0.363 e. The van der Waals surface area contributed by atoms with E-state index in [0.717, 1.165) is 5.56 Å². The molecule has 13 heavy (non-hydrogen) atoms. The number of benzene rings is 1. The molecule has 1 atom stereocenters. The number of ether oxygens (including phenoxy) is 1. The molecule has 0 radical (unpaired) electrons. The summed E-state index contributed by atoms with van der Waals surface area (Å²) in [6, 6.07) is 9.34. The predicted molar refractivity (Wildman–Crippen MR) is 47.1 cm³/mol. The Morgan fingerprint density at radius 3 is 2.62 bits per heavy atom. The van der Waals surface area contributed by atoms with Crippen molar-refractivity contribution >= 4 is 6.29 Å². The van der Waals surface area contributed by atoms with Crippen LogP contribution in [0, 0.1) is 0 Å². The van der Waals surface area contributed by atoms with Gasteiger partial charge in [-0.25, -0.2) is 4.39 Å². The van der Waals surface area contributed by atoms with Crippen molar-refractivity contribution in [3.05, 3.63) is 35.9 Å². The molecule has 0 spiro atoms. The van der Waals surface area contributed by atoms with E-state index in [1.807, 2.05) is 30.3 Å². The second-order valence-corrected chi connectivity index (χ2v) is 2.63. The van der Waals surface area contributed by atoms with Gasteiger partial charge in [-0.1, -0.05) is 30.3 Å². The average Bonchev–Trinajstić information content (AvgIpc) is 2.21. The van der Waals surface area contributed by atoms with E-state index in [2.05, 4.69) is 0 Å². The van der Waals surface area contributed by atoms with Crippen molar-refractivity contribution in [2.45, 2.75) is 12.7 Å². The molecule has 0 bridgehead atoms. The molecule has 1 aromatic rings. The third kappa shape index (κ3) is 3.34. The zero-order valence-electron chi connectivity index (χ0n) is 7.15. The van der Waals surface area contributed by atoms with Crippen molar-refractivity contribution in [2.75, 3.05) is 6.67 Å². The fraction of sp³-hybridized carbons (Fsp3) is 0.300. The number of halogens is 1. The van der Waals surface area contributed by atoms with Gasteiger partial charge in [-0.2, -0.15) is 0 Å². The molecule has 2 nitrogen and oxygen atoms in total. The summed E-state index contributed by atoms with van der Waals surface area (Å²) in [5, 5.41) is 0. The number of hydrogen-bond acceptors (Lipinski definition) is 2. The van der Waals surface area contributed by atoms with Gasteiger partial charge in [0.05, 0.1) is 6.61 Å². The molecule has 0 aliphatic heterocycles. The smallest absolute Gasteiger partial charge is 0.151 e. The minimum absolute atomic E-state index is 0.272. The van der Waals surface area contributed by atoms with Crippen molar-refractivity contribution in [2.24, 2.45) is 0 Å². The van der Waals surface area contributed by atoms with E-state index in [1.165, 1.54) is 0 Å². The molecule has 0 fully saturated rings. The third-order valence-electron chi connectivity index (χ3n) is 1.61. The zero-order valence-corrected chi connectivity index (χ0v) is 7.15. The standard InChI is InChI=1S/C10H11FO2/c11-6-10(7-12)13-8-9-4-2-1-3-5-9/h1-5,7,10H,6,8H2. The van der Waals surface area contributed by atoms with E-state index in [0.29, 0.717) is 6.29 Å². The monoisotopic (exact) mass is 182 g/mol.